The predicted molar refractivity (Wildman–Crippen MR) is 154 cm³/mol. The van der Waals surface area contributed by atoms with Crippen molar-refractivity contribution in [3.63, 3.8) is 0 Å². The second-order valence-electron chi connectivity index (χ2n) is 9.12. The fourth-order valence-electron chi connectivity index (χ4n) is 5.12. The van der Waals surface area contributed by atoms with Gasteiger partial charge in [-0.3, -0.25) is 0 Å². The number of benzene rings is 5. The van der Waals surface area contributed by atoms with Gasteiger partial charge in [0.1, 0.15) is 12.4 Å². The summed E-state index contributed by atoms with van der Waals surface area (Å²) in [7, 11) is 0. The summed E-state index contributed by atoms with van der Waals surface area (Å²) in [6.45, 7) is 1.09. The van der Waals surface area contributed by atoms with Crippen LogP contribution in [0.25, 0.3) is 43.9 Å². The van der Waals surface area contributed by atoms with Crippen molar-refractivity contribution < 1.29 is 14.6 Å². The van der Waals surface area contributed by atoms with E-state index >= 15 is 0 Å². The molecular formula is C33H24ClNO3. The monoisotopic (exact) mass is 517 g/mol. The first kappa shape index (κ1) is 23.8. The van der Waals surface area contributed by atoms with Crippen molar-refractivity contribution in [3.05, 3.63) is 126 Å². The maximum absolute atomic E-state index is 12.1. The lowest BCUT2D eigenvalue weighted by Crippen LogP contribution is -2.07. The minimum atomic E-state index is -0.954. The van der Waals surface area contributed by atoms with Crippen LogP contribution < -0.4 is 4.74 Å². The van der Waals surface area contributed by atoms with E-state index in [-0.39, 0.29) is 5.56 Å². The molecule has 0 amide bonds. The SMILES string of the molecule is O=C(O)c1ccccc1-c1cccc2c1c(-c1cccc(Cl)c1)cn2CCOc1cccc2ccccc12. The van der Waals surface area contributed by atoms with Crippen LogP contribution in [-0.4, -0.2) is 22.2 Å². The number of nitrogens with zero attached hydrogens (tertiary/aromatic N) is 1. The zero-order valence-electron chi connectivity index (χ0n) is 20.5. The molecule has 38 heavy (non-hydrogen) atoms. The third-order valence-corrected chi connectivity index (χ3v) is 7.06. The molecule has 6 aromatic rings. The molecule has 6 rings (SSSR count). The van der Waals surface area contributed by atoms with Crippen molar-refractivity contribution in [2.24, 2.45) is 0 Å². The molecule has 1 heterocycles. The molecule has 5 heteroatoms. The summed E-state index contributed by atoms with van der Waals surface area (Å²) in [6.07, 6.45) is 2.11. The fraction of sp³-hybridized carbons (Fsp3) is 0.0606. The zero-order valence-corrected chi connectivity index (χ0v) is 21.2. The van der Waals surface area contributed by atoms with E-state index in [2.05, 4.69) is 35.0 Å². The maximum atomic E-state index is 12.1. The summed E-state index contributed by atoms with van der Waals surface area (Å²) in [4.78, 5) is 12.1. The van der Waals surface area contributed by atoms with Crippen molar-refractivity contribution in [2.75, 3.05) is 6.61 Å². The molecular weight excluding hydrogens is 494 g/mol. The number of carbonyl (C=O) groups is 1. The van der Waals surface area contributed by atoms with Gasteiger partial charge < -0.3 is 14.4 Å². The summed E-state index contributed by atoms with van der Waals surface area (Å²) < 4.78 is 8.42. The first-order valence-electron chi connectivity index (χ1n) is 12.4. The third kappa shape index (κ3) is 4.40. The lowest BCUT2D eigenvalue weighted by atomic mass is 9.93. The van der Waals surface area contributed by atoms with Gasteiger partial charge in [0.2, 0.25) is 0 Å². The van der Waals surface area contributed by atoms with Crippen LogP contribution in [0.15, 0.2) is 115 Å². The number of hydrogen-bond acceptors (Lipinski definition) is 2. The Bertz CT molecular complexity index is 1800. The highest BCUT2D eigenvalue weighted by Gasteiger charge is 2.19. The van der Waals surface area contributed by atoms with Crippen molar-refractivity contribution >= 4 is 39.2 Å². The number of ether oxygens (including phenoxy) is 1. The minimum absolute atomic E-state index is 0.268. The number of aromatic nitrogens is 1. The maximum Gasteiger partial charge on any atom is 0.336 e. The average Bonchev–Trinajstić information content (AvgIpc) is 3.32. The summed E-state index contributed by atoms with van der Waals surface area (Å²) in [5.74, 6) is -0.101. The Morgan fingerprint density at radius 2 is 1.53 bits per heavy atom. The predicted octanol–water partition coefficient (Wildman–Crippen LogP) is 8.56. The molecule has 0 spiro atoms. The number of carboxylic acid groups (broad SMARTS) is 1. The normalized spacial score (nSPS) is 11.2. The van der Waals surface area contributed by atoms with E-state index < -0.39 is 5.97 Å². The van der Waals surface area contributed by atoms with Crippen LogP contribution in [-0.2, 0) is 6.54 Å². The van der Waals surface area contributed by atoms with Crippen LogP contribution in [0.1, 0.15) is 10.4 Å². The quantitative estimate of drug-likeness (QED) is 0.231. The van der Waals surface area contributed by atoms with Gasteiger partial charge in [0, 0.05) is 33.1 Å². The van der Waals surface area contributed by atoms with Gasteiger partial charge >= 0.3 is 5.97 Å². The van der Waals surface area contributed by atoms with Crippen molar-refractivity contribution in [2.45, 2.75) is 6.54 Å². The highest BCUT2D eigenvalue weighted by molar-refractivity contribution is 6.31. The van der Waals surface area contributed by atoms with E-state index in [1.165, 1.54) is 0 Å². The Balaban J connectivity index is 1.45. The molecule has 0 atom stereocenters. The van der Waals surface area contributed by atoms with Crippen LogP contribution in [0.4, 0.5) is 0 Å². The first-order chi connectivity index (χ1) is 18.6. The Labute approximate surface area is 225 Å². The van der Waals surface area contributed by atoms with Gasteiger partial charge in [0.25, 0.3) is 0 Å². The fourth-order valence-corrected chi connectivity index (χ4v) is 5.31. The molecule has 1 N–H and O–H groups in total. The molecule has 0 bridgehead atoms. The molecule has 4 nitrogen and oxygen atoms in total. The van der Waals surface area contributed by atoms with Gasteiger partial charge in [-0.05, 0) is 52.4 Å². The summed E-state index contributed by atoms with van der Waals surface area (Å²) >= 11 is 6.37. The third-order valence-electron chi connectivity index (χ3n) is 6.83. The Kier molecular flexibility index (Phi) is 6.32. The average molecular weight is 518 g/mol. The molecule has 5 aromatic carbocycles. The van der Waals surface area contributed by atoms with Crippen LogP contribution in [0.3, 0.4) is 0 Å². The molecule has 1 aromatic heterocycles. The van der Waals surface area contributed by atoms with Gasteiger partial charge in [-0.2, -0.15) is 0 Å². The Morgan fingerprint density at radius 1 is 0.789 bits per heavy atom. The molecule has 186 valence electrons. The number of hydrogen-bond donors (Lipinski definition) is 1. The van der Waals surface area contributed by atoms with Crippen molar-refractivity contribution in [3.8, 4) is 28.0 Å². The summed E-state index contributed by atoms with van der Waals surface area (Å²) in [5.41, 5.74) is 4.77. The number of aromatic carboxylic acids is 1. The van der Waals surface area contributed by atoms with E-state index in [0.717, 1.165) is 44.1 Å². The molecule has 0 aliphatic rings. The molecule has 0 saturated heterocycles. The molecule has 0 aliphatic heterocycles. The second kappa shape index (κ2) is 10.1. The first-order valence-corrected chi connectivity index (χ1v) is 12.8. The molecule has 0 aliphatic carbocycles. The van der Waals surface area contributed by atoms with E-state index in [0.29, 0.717) is 23.7 Å². The number of rotatable bonds is 7. The standard InChI is InChI=1S/C33H24ClNO3/c34-24-11-5-10-23(20-24)29-21-35(18-19-38-31-17-6-9-22-8-1-2-12-25(22)31)30-16-7-15-27(32(29)30)26-13-3-4-14-28(26)33(36)37/h1-17,20-21H,18-19H2,(H,36,37). The zero-order chi connectivity index (χ0) is 26.1. The van der Waals surface area contributed by atoms with Crippen LogP contribution in [0.5, 0.6) is 5.75 Å². The lowest BCUT2D eigenvalue weighted by Gasteiger charge is -2.12. The van der Waals surface area contributed by atoms with Crippen LogP contribution in [0, 0.1) is 0 Å². The minimum Gasteiger partial charge on any atom is -0.491 e. The number of halogens is 1. The van der Waals surface area contributed by atoms with Gasteiger partial charge in [-0.25, -0.2) is 4.79 Å². The van der Waals surface area contributed by atoms with Gasteiger partial charge in [0.15, 0.2) is 0 Å². The van der Waals surface area contributed by atoms with Gasteiger partial charge in [-0.15, -0.1) is 0 Å². The van der Waals surface area contributed by atoms with E-state index in [1.54, 1.807) is 12.1 Å². The van der Waals surface area contributed by atoms with Crippen molar-refractivity contribution in [1.82, 2.24) is 4.57 Å². The molecule has 0 unspecified atom stereocenters. The van der Waals surface area contributed by atoms with E-state index in [4.69, 9.17) is 16.3 Å². The molecule has 0 fully saturated rings. The lowest BCUT2D eigenvalue weighted by molar-refractivity contribution is 0.0697. The van der Waals surface area contributed by atoms with Crippen molar-refractivity contribution in [1.29, 1.82) is 0 Å². The highest BCUT2D eigenvalue weighted by atomic mass is 35.5. The second-order valence-corrected chi connectivity index (χ2v) is 9.56. The van der Waals surface area contributed by atoms with Gasteiger partial charge in [-0.1, -0.05) is 90.5 Å². The Hall–Kier alpha value is -4.54. The molecule has 0 saturated carbocycles. The van der Waals surface area contributed by atoms with E-state index in [1.807, 2.05) is 72.8 Å². The highest BCUT2D eigenvalue weighted by Crippen LogP contribution is 2.39. The summed E-state index contributed by atoms with van der Waals surface area (Å²) in [5, 5.41) is 13.7. The van der Waals surface area contributed by atoms with Crippen LogP contribution in [0.2, 0.25) is 5.02 Å². The van der Waals surface area contributed by atoms with Gasteiger partial charge in [0.05, 0.1) is 12.1 Å². The number of fused-ring (bicyclic) bond motifs is 2. The van der Waals surface area contributed by atoms with Crippen LogP contribution >= 0.6 is 11.6 Å². The molecule has 0 radical (unpaired) electrons. The summed E-state index contributed by atoms with van der Waals surface area (Å²) in [6, 6.07) is 35.2. The Morgan fingerprint density at radius 3 is 2.39 bits per heavy atom. The largest absolute Gasteiger partial charge is 0.491 e. The van der Waals surface area contributed by atoms with E-state index in [9.17, 15) is 9.90 Å². The smallest absolute Gasteiger partial charge is 0.336 e. The number of carboxylic acids is 1. The topological polar surface area (TPSA) is 51.5 Å².